The minimum absolute atomic E-state index is 0.0522. The van der Waals surface area contributed by atoms with E-state index in [1.807, 2.05) is 0 Å². The molecule has 0 saturated heterocycles. The number of anilines is 1. The lowest BCUT2D eigenvalue weighted by Gasteiger charge is -2.07. The summed E-state index contributed by atoms with van der Waals surface area (Å²) in [6, 6.07) is 4.90. The van der Waals surface area contributed by atoms with E-state index < -0.39 is 10.0 Å². The molecule has 110 valence electrons. The number of aromatic nitrogens is 2. The molecule has 7 nitrogen and oxygen atoms in total. The summed E-state index contributed by atoms with van der Waals surface area (Å²) < 4.78 is 37.5. The van der Waals surface area contributed by atoms with E-state index in [4.69, 9.17) is 8.94 Å². The summed E-state index contributed by atoms with van der Waals surface area (Å²) in [6.07, 6.45) is 0. The van der Waals surface area contributed by atoms with Crippen LogP contribution >= 0.6 is 0 Å². The Bertz CT molecular complexity index is 905. The fourth-order valence-electron chi connectivity index (χ4n) is 2.17. The molecule has 0 aliphatic rings. The largest absolute Gasteiger partial charge is 0.441 e. The van der Waals surface area contributed by atoms with E-state index in [1.165, 1.54) is 0 Å². The lowest BCUT2D eigenvalue weighted by Crippen LogP contribution is -2.14. The number of aryl methyl sites for hydroxylation is 3. The second kappa shape index (κ2) is 4.59. The molecule has 3 rings (SSSR count). The highest BCUT2D eigenvalue weighted by Gasteiger charge is 2.24. The summed E-state index contributed by atoms with van der Waals surface area (Å²) in [5.74, 6) is 0.771. The second-order valence-corrected chi connectivity index (χ2v) is 6.29. The maximum atomic E-state index is 12.4. The molecule has 1 N–H and O–H groups in total. The number of oxazole rings is 1. The molecule has 0 unspecified atom stereocenters. The molecule has 0 aliphatic heterocycles. The Hall–Kier alpha value is -2.35. The lowest BCUT2D eigenvalue weighted by atomic mass is 10.3. The van der Waals surface area contributed by atoms with Gasteiger partial charge in [-0.15, -0.1) is 0 Å². The first-order valence-corrected chi connectivity index (χ1v) is 7.68. The number of fused-ring (bicyclic) bond motifs is 1. The Labute approximate surface area is 121 Å². The van der Waals surface area contributed by atoms with Gasteiger partial charge in [0.25, 0.3) is 10.0 Å². The van der Waals surface area contributed by atoms with Crippen LogP contribution in [0.3, 0.4) is 0 Å². The van der Waals surface area contributed by atoms with Gasteiger partial charge in [-0.05, 0) is 26.0 Å². The van der Waals surface area contributed by atoms with Crippen LogP contribution in [0, 0.1) is 20.8 Å². The quantitative estimate of drug-likeness (QED) is 0.798. The third kappa shape index (κ3) is 2.38. The van der Waals surface area contributed by atoms with Gasteiger partial charge in [-0.1, -0.05) is 5.16 Å². The van der Waals surface area contributed by atoms with Gasteiger partial charge in [-0.2, -0.15) is 0 Å². The molecule has 21 heavy (non-hydrogen) atoms. The van der Waals surface area contributed by atoms with Crippen molar-refractivity contribution in [3.05, 3.63) is 35.5 Å². The highest BCUT2D eigenvalue weighted by Crippen LogP contribution is 2.25. The molecule has 0 aliphatic carbocycles. The number of nitrogens with one attached hydrogen (secondary N) is 1. The minimum atomic E-state index is -3.76. The zero-order chi connectivity index (χ0) is 15.2. The highest BCUT2D eigenvalue weighted by molar-refractivity contribution is 7.92. The number of nitrogens with zero attached hydrogens (tertiary/aromatic N) is 2. The molecule has 2 heterocycles. The SMILES string of the molecule is Cc1nc2ccc(NS(=O)(=O)c3c(C)noc3C)cc2o1. The third-order valence-corrected chi connectivity index (χ3v) is 4.61. The third-order valence-electron chi connectivity index (χ3n) is 2.98. The first-order chi connectivity index (χ1) is 9.87. The lowest BCUT2D eigenvalue weighted by molar-refractivity contribution is 0.390. The molecule has 0 spiro atoms. The predicted octanol–water partition coefficient (Wildman–Crippen LogP) is 2.54. The molecular weight excluding hydrogens is 294 g/mol. The second-order valence-electron chi connectivity index (χ2n) is 4.67. The fraction of sp³-hybridized carbons (Fsp3) is 0.231. The van der Waals surface area contributed by atoms with Gasteiger partial charge in [0.05, 0.1) is 5.69 Å². The van der Waals surface area contributed by atoms with E-state index in [-0.39, 0.29) is 10.7 Å². The van der Waals surface area contributed by atoms with E-state index in [0.717, 1.165) is 0 Å². The van der Waals surface area contributed by atoms with Gasteiger partial charge in [0.2, 0.25) is 0 Å². The van der Waals surface area contributed by atoms with Crippen LogP contribution in [0.1, 0.15) is 17.3 Å². The van der Waals surface area contributed by atoms with E-state index in [0.29, 0.717) is 28.4 Å². The van der Waals surface area contributed by atoms with Gasteiger partial charge >= 0.3 is 0 Å². The number of benzene rings is 1. The van der Waals surface area contributed by atoms with Crippen LogP contribution in [0.15, 0.2) is 32.0 Å². The van der Waals surface area contributed by atoms with Crippen molar-refractivity contribution < 1.29 is 17.4 Å². The van der Waals surface area contributed by atoms with Gasteiger partial charge in [0.15, 0.2) is 22.1 Å². The van der Waals surface area contributed by atoms with Crippen LogP contribution in [0.4, 0.5) is 5.69 Å². The summed E-state index contributed by atoms with van der Waals surface area (Å²) in [7, 11) is -3.76. The van der Waals surface area contributed by atoms with Crippen LogP contribution in [0.5, 0.6) is 0 Å². The van der Waals surface area contributed by atoms with Crippen molar-refractivity contribution in [1.29, 1.82) is 0 Å². The summed E-state index contributed by atoms with van der Waals surface area (Å²) in [6.45, 7) is 4.86. The molecule has 3 aromatic rings. The van der Waals surface area contributed by atoms with Crippen molar-refractivity contribution in [2.75, 3.05) is 4.72 Å². The Morgan fingerprint density at radius 1 is 1.19 bits per heavy atom. The predicted molar refractivity (Wildman–Crippen MR) is 75.5 cm³/mol. The van der Waals surface area contributed by atoms with Crippen LogP contribution in [-0.2, 0) is 10.0 Å². The van der Waals surface area contributed by atoms with Crippen molar-refractivity contribution in [3.8, 4) is 0 Å². The number of hydrogen-bond donors (Lipinski definition) is 1. The monoisotopic (exact) mass is 307 g/mol. The molecule has 0 saturated carbocycles. The Balaban J connectivity index is 2.01. The first kappa shape index (κ1) is 13.6. The average Bonchev–Trinajstić information content (AvgIpc) is 2.90. The Morgan fingerprint density at radius 3 is 2.62 bits per heavy atom. The molecule has 0 amide bonds. The summed E-state index contributed by atoms with van der Waals surface area (Å²) in [4.78, 5) is 4.21. The normalized spacial score (nSPS) is 12.0. The van der Waals surface area contributed by atoms with Crippen LogP contribution in [0.2, 0.25) is 0 Å². The topological polar surface area (TPSA) is 98.2 Å². The van der Waals surface area contributed by atoms with Gasteiger partial charge in [0.1, 0.15) is 11.2 Å². The van der Waals surface area contributed by atoms with Crippen molar-refractivity contribution in [3.63, 3.8) is 0 Å². The van der Waals surface area contributed by atoms with Crippen LogP contribution < -0.4 is 4.72 Å². The summed E-state index contributed by atoms with van der Waals surface area (Å²) in [5.41, 5.74) is 1.90. The van der Waals surface area contributed by atoms with E-state index in [2.05, 4.69) is 14.9 Å². The zero-order valence-electron chi connectivity index (χ0n) is 11.7. The highest BCUT2D eigenvalue weighted by atomic mass is 32.2. The maximum Gasteiger partial charge on any atom is 0.267 e. The molecule has 8 heteroatoms. The number of sulfonamides is 1. The van der Waals surface area contributed by atoms with E-state index in [9.17, 15) is 8.42 Å². The Morgan fingerprint density at radius 2 is 1.95 bits per heavy atom. The molecule has 1 aromatic carbocycles. The van der Waals surface area contributed by atoms with Crippen LogP contribution in [0.25, 0.3) is 11.1 Å². The molecule has 0 bridgehead atoms. The summed E-state index contributed by atoms with van der Waals surface area (Å²) in [5, 5.41) is 3.65. The van der Waals surface area contributed by atoms with Gasteiger partial charge in [-0.25, -0.2) is 13.4 Å². The van der Waals surface area contributed by atoms with Gasteiger partial charge < -0.3 is 8.94 Å². The number of hydrogen-bond acceptors (Lipinski definition) is 6. The molecule has 0 fully saturated rings. The van der Waals surface area contributed by atoms with E-state index in [1.54, 1.807) is 39.0 Å². The van der Waals surface area contributed by atoms with Crippen molar-refractivity contribution in [2.24, 2.45) is 0 Å². The fourth-order valence-corrected chi connectivity index (χ4v) is 3.55. The van der Waals surface area contributed by atoms with Gasteiger partial charge in [0, 0.05) is 13.0 Å². The first-order valence-electron chi connectivity index (χ1n) is 6.20. The van der Waals surface area contributed by atoms with E-state index >= 15 is 0 Å². The Kier molecular flexibility index (Phi) is 2.98. The standard InChI is InChI=1S/C13H13N3O4S/c1-7-13(8(2)20-15-7)21(17,18)16-10-4-5-11-12(6-10)19-9(3)14-11/h4-6,16H,1-3H3. The zero-order valence-corrected chi connectivity index (χ0v) is 12.5. The molecule has 2 aromatic heterocycles. The smallest absolute Gasteiger partial charge is 0.267 e. The van der Waals surface area contributed by atoms with Crippen LogP contribution in [-0.4, -0.2) is 18.6 Å². The maximum absolute atomic E-state index is 12.4. The summed E-state index contributed by atoms with van der Waals surface area (Å²) >= 11 is 0. The van der Waals surface area contributed by atoms with Crippen molar-refractivity contribution in [2.45, 2.75) is 25.7 Å². The van der Waals surface area contributed by atoms with Crippen molar-refractivity contribution in [1.82, 2.24) is 10.1 Å². The molecule has 0 radical (unpaired) electrons. The molecular formula is C13H13N3O4S. The van der Waals surface area contributed by atoms with Gasteiger partial charge in [-0.3, -0.25) is 4.72 Å². The molecule has 0 atom stereocenters. The minimum Gasteiger partial charge on any atom is -0.441 e. The number of rotatable bonds is 3. The average molecular weight is 307 g/mol. The van der Waals surface area contributed by atoms with Crippen molar-refractivity contribution >= 4 is 26.8 Å².